The molecule has 0 spiro atoms. The Morgan fingerprint density at radius 3 is 1.41 bits per heavy atom. The Kier molecular flexibility index (Phi) is 10.1. The number of hydrogen-bond acceptors (Lipinski definition) is 2. The number of ether oxygens (including phenoxy) is 2. The first-order chi connectivity index (χ1) is 16.3. The minimum Gasteiger partial charge on any atom is -0.491 e. The molecule has 0 unspecified atom stereocenters. The zero-order chi connectivity index (χ0) is 24.7. The van der Waals surface area contributed by atoms with Crippen molar-refractivity contribution in [1.29, 1.82) is 0 Å². The largest absolute Gasteiger partial charge is 0.491 e. The van der Waals surface area contributed by atoms with E-state index in [4.69, 9.17) is 9.47 Å². The standard InChI is InChI=1S/C28H26Br4O2/c1-4-6-13-33-26-22(29)15-20(16-23(26)30)28(3,19-11-9-8-10-12-19)21-17-24(31)27(25(32)18-21)34-14-7-5-2/h4-5,8-12,15-18H,1-2,6-7,13-14H2,3H3. The van der Waals surface area contributed by atoms with Gasteiger partial charge in [-0.15, -0.1) is 13.2 Å². The monoisotopic (exact) mass is 710 g/mol. The minimum absolute atomic E-state index is 0.448. The molecule has 0 aliphatic heterocycles. The van der Waals surface area contributed by atoms with E-state index in [0.717, 1.165) is 53.4 Å². The van der Waals surface area contributed by atoms with Crippen LogP contribution >= 0.6 is 63.7 Å². The van der Waals surface area contributed by atoms with Gasteiger partial charge in [-0.05, 0) is 124 Å². The van der Waals surface area contributed by atoms with Gasteiger partial charge < -0.3 is 9.47 Å². The zero-order valence-electron chi connectivity index (χ0n) is 18.9. The summed E-state index contributed by atoms with van der Waals surface area (Å²) in [5, 5.41) is 0. The fourth-order valence-corrected chi connectivity index (χ4v) is 6.56. The molecule has 178 valence electrons. The quantitative estimate of drug-likeness (QED) is 0.112. The van der Waals surface area contributed by atoms with Crippen LogP contribution in [0.3, 0.4) is 0 Å². The summed E-state index contributed by atoms with van der Waals surface area (Å²) in [6, 6.07) is 19.0. The summed E-state index contributed by atoms with van der Waals surface area (Å²) < 4.78 is 15.5. The maximum atomic E-state index is 5.98. The van der Waals surface area contributed by atoms with Crippen molar-refractivity contribution in [3.05, 3.63) is 114 Å². The number of halogens is 4. The molecule has 3 aromatic carbocycles. The summed E-state index contributed by atoms with van der Waals surface area (Å²) in [4.78, 5) is 0. The van der Waals surface area contributed by atoms with Gasteiger partial charge in [-0.3, -0.25) is 0 Å². The molecule has 0 aliphatic rings. The van der Waals surface area contributed by atoms with E-state index in [1.54, 1.807) is 0 Å². The van der Waals surface area contributed by atoms with Crippen molar-refractivity contribution in [2.24, 2.45) is 0 Å². The Labute approximate surface area is 236 Å². The van der Waals surface area contributed by atoms with Crippen LogP contribution in [0.1, 0.15) is 36.5 Å². The van der Waals surface area contributed by atoms with Crippen LogP contribution in [-0.4, -0.2) is 13.2 Å². The molecule has 0 N–H and O–H groups in total. The lowest BCUT2D eigenvalue weighted by Gasteiger charge is -2.33. The van der Waals surface area contributed by atoms with Crippen molar-refractivity contribution in [1.82, 2.24) is 0 Å². The molecule has 0 atom stereocenters. The first kappa shape index (κ1) is 27.3. The van der Waals surface area contributed by atoms with E-state index >= 15 is 0 Å². The third-order valence-corrected chi connectivity index (χ3v) is 8.00. The predicted octanol–water partition coefficient (Wildman–Crippen LogP) is 10.0. The topological polar surface area (TPSA) is 18.5 Å². The van der Waals surface area contributed by atoms with Crippen LogP contribution in [0.15, 0.2) is 97.8 Å². The zero-order valence-corrected chi connectivity index (χ0v) is 25.3. The van der Waals surface area contributed by atoms with Crippen LogP contribution in [0.2, 0.25) is 0 Å². The predicted molar refractivity (Wildman–Crippen MR) is 156 cm³/mol. The van der Waals surface area contributed by atoms with Gasteiger partial charge in [0.15, 0.2) is 0 Å². The fraction of sp³-hybridized carbons (Fsp3) is 0.214. The number of rotatable bonds is 11. The van der Waals surface area contributed by atoms with Gasteiger partial charge in [-0.25, -0.2) is 0 Å². The SMILES string of the molecule is C=CCCOc1c(Br)cc(C(C)(c2ccccc2)c2cc(Br)c(OCCC=C)c(Br)c2)cc1Br. The van der Waals surface area contributed by atoms with Gasteiger partial charge >= 0.3 is 0 Å². The summed E-state index contributed by atoms with van der Waals surface area (Å²) >= 11 is 14.9. The van der Waals surface area contributed by atoms with Gasteiger partial charge in [-0.2, -0.15) is 0 Å². The van der Waals surface area contributed by atoms with E-state index in [2.05, 4.69) is 132 Å². The molecule has 0 radical (unpaired) electrons. The van der Waals surface area contributed by atoms with Crippen LogP contribution in [-0.2, 0) is 5.41 Å². The lowest BCUT2D eigenvalue weighted by molar-refractivity contribution is 0.320. The summed E-state index contributed by atoms with van der Waals surface area (Å²) in [7, 11) is 0. The Morgan fingerprint density at radius 1 is 0.676 bits per heavy atom. The highest BCUT2D eigenvalue weighted by Gasteiger charge is 2.33. The van der Waals surface area contributed by atoms with Crippen molar-refractivity contribution in [2.45, 2.75) is 25.2 Å². The van der Waals surface area contributed by atoms with Gasteiger partial charge in [0.2, 0.25) is 0 Å². The first-order valence-corrected chi connectivity index (χ1v) is 14.0. The van der Waals surface area contributed by atoms with E-state index in [9.17, 15) is 0 Å². The first-order valence-electron chi connectivity index (χ1n) is 10.8. The molecule has 3 rings (SSSR count). The Bertz CT molecular complexity index is 1040. The molecule has 0 fully saturated rings. The van der Waals surface area contributed by atoms with Crippen molar-refractivity contribution in [2.75, 3.05) is 13.2 Å². The normalized spacial score (nSPS) is 11.2. The van der Waals surface area contributed by atoms with Crippen LogP contribution in [0.4, 0.5) is 0 Å². The van der Waals surface area contributed by atoms with E-state index in [0.29, 0.717) is 13.2 Å². The molecule has 0 bridgehead atoms. The summed E-state index contributed by atoms with van der Waals surface area (Å²) in [5.74, 6) is 1.57. The molecule has 0 aromatic heterocycles. The molecule has 3 aromatic rings. The van der Waals surface area contributed by atoms with E-state index in [-0.39, 0.29) is 0 Å². The molecule has 0 heterocycles. The van der Waals surface area contributed by atoms with Crippen molar-refractivity contribution in [3.8, 4) is 11.5 Å². The lowest BCUT2D eigenvalue weighted by Crippen LogP contribution is -2.25. The Morgan fingerprint density at radius 2 is 1.06 bits per heavy atom. The molecular weight excluding hydrogens is 688 g/mol. The lowest BCUT2D eigenvalue weighted by atomic mass is 9.71. The Balaban J connectivity index is 2.14. The highest BCUT2D eigenvalue weighted by atomic mass is 79.9. The average molecular weight is 714 g/mol. The summed E-state index contributed by atoms with van der Waals surface area (Å²) in [5.41, 5.74) is 2.96. The summed E-state index contributed by atoms with van der Waals surface area (Å²) in [6.45, 7) is 10.9. The van der Waals surface area contributed by atoms with Gasteiger partial charge in [0.25, 0.3) is 0 Å². The number of benzene rings is 3. The van der Waals surface area contributed by atoms with Gasteiger partial charge in [0.05, 0.1) is 31.1 Å². The molecule has 0 saturated carbocycles. The number of hydrogen-bond donors (Lipinski definition) is 0. The van der Waals surface area contributed by atoms with Crippen LogP contribution in [0, 0.1) is 0 Å². The highest BCUT2D eigenvalue weighted by Crippen LogP contribution is 2.47. The van der Waals surface area contributed by atoms with E-state index in [1.807, 2.05) is 18.2 Å². The second kappa shape index (κ2) is 12.6. The van der Waals surface area contributed by atoms with Gasteiger partial charge in [-0.1, -0.05) is 42.5 Å². The maximum Gasteiger partial charge on any atom is 0.147 e. The second-order valence-corrected chi connectivity index (χ2v) is 11.3. The minimum atomic E-state index is -0.448. The van der Waals surface area contributed by atoms with E-state index < -0.39 is 5.41 Å². The third-order valence-electron chi connectivity index (χ3n) is 5.64. The smallest absolute Gasteiger partial charge is 0.147 e. The molecule has 0 saturated heterocycles. The van der Waals surface area contributed by atoms with Crippen molar-refractivity contribution in [3.63, 3.8) is 0 Å². The van der Waals surface area contributed by atoms with Crippen LogP contribution in [0.25, 0.3) is 0 Å². The fourth-order valence-electron chi connectivity index (χ4n) is 3.73. The second-order valence-electron chi connectivity index (χ2n) is 7.88. The van der Waals surface area contributed by atoms with E-state index in [1.165, 1.54) is 5.56 Å². The van der Waals surface area contributed by atoms with Gasteiger partial charge in [0.1, 0.15) is 11.5 Å². The summed E-state index contributed by atoms with van der Waals surface area (Å²) in [6.07, 6.45) is 5.27. The molecular formula is C28H26Br4O2. The van der Waals surface area contributed by atoms with Crippen LogP contribution in [0.5, 0.6) is 11.5 Å². The third kappa shape index (κ3) is 6.07. The highest BCUT2D eigenvalue weighted by molar-refractivity contribution is 9.11. The molecule has 34 heavy (non-hydrogen) atoms. The Hall–Kier alpha value is -1.34. The van der Waals surface area contributed by atoms with Crippen LogP contribution < -0.4 is 9.47 Å². The molecule has 0 amide bonds. The van der Waals surface area contributed by atoms with Crippen molar-refractivity contribution >= 4 is 63.7 Å². The van der Waals surface area contributed by atoms with Crippen molar-refractivity contribution < 1.29 is 9.47 Å². The maximum absolute atomic E-state index is 5.98. The average Bonchev–Trinajstić information content (AvgIpc) is 2.82. The molecule has 6 heteroatoms. The molecule has 2 nitrogen and oxygen atoms in total. The van der Waals surface area contributed by atoms with Gasteiger partial charge in [0, 0.05) is 5.41 Å². The molecule has 0 aliphatic carbocycles.